The summed E-state index contributed by atoms with van der Waals surface area (Å²) in [5, 5.41) is 5.08. The Bertz CT molecular complexity index is 423. The lowest BCUT2D eigenvalue weighted by atomic mass is 10.3. The number of anilines is 1. The van der Waals surface area contributed by atoms with Crippen LogP contribution in [0.4, 0.5) is 5.82 Å². The van der Waals surface area contributed by atoms with Gasteiger partial charge >= 0.3 is 0 Å². The molecule has 72 valence electrons. The number of thiophene rings is 1. The second-order valence-electron chi connectivity index (χ2n) is 2.95. The van der Waals surface area contributed by atoms with E-state index in [1.807, 2.05) is 37.7 Å². The zero-order chi connectivity index (χ0) is 9.97. The van der Waals surface area contributed by atoms with Crippen LogP contribution in [0.1, 0.15) is 5.56 Å². The maximum atomic E-state index is 4.42. The second-order valence-corrected chi connectivity index (χ2v) is 3.90. The third kappa shape index (κ3) is 1.61. The van der Waals surface area contributed by atoms with E-state index in [2.05, 4.69) is 15.3 Å². The predicted octanol–water partition coefficient (Wildman–Crippen LogP) is 2.56. The van der Waals surface area contributed by atoms with Gasteiger partial charge in [-0.05, 0) is 18.4 Å². The number of nitrogens with zero attached hydrogens (tertiary/aromatic N) is 2. The highest BCUT2D eigenvalue weighted by Crippen LogP contribution is 2.22. The zero-order valence-electron chi connectivity index (χ0n) is 8.11. The van der Waals surface area contributed by atoms with Gasteiger partial charge in [0, 0.05) is 18.8 Å². The summed E-state index contributed by atoms with van der Waals surface area (Å²) < 4.78 is 0. The van der Waals surface area contributed by atoms with E-state index in [1.165, 1.54) is 0 Å². The van der Waals surface area contributed by atoms with E-state index in [0.29, 0.717) is 0 Å². The molecule has 0 saturated heterocycles. The first-order valence-electron chi connectivity index (χ1n) is 4.36. The molecule has 2 aromatic heterocycles. The third-order valence-electron chi connectivity index (χ3n) is 1.95. The van der Waals surface area contributed by atoms with Crippen LogP contribution >= 0.6 is 11.3 Å². The molecule has 2 heterocycles. The minimum atomic E-state index is 0.787. The molecule has 2 rings (SSSR count). The highest BCUT2D eigenvalue weighted by Gasteiger charge is 2.04. The lowest BCUT2D eigenvalue weighted by Gasteiger charge is -2.04. The number of hydrogen-bond donors (Lipinski definition) is 1. The number of aromatic nitrogens is 2. The minimum absolute atomic E-state index is 0.787. The normalized spacial score (nSPS) is 10.1. The molecule has 0 radical (unpaired) electrons. The molecule has 0 amide bonds. The van der Waals surface area contributed by atoms with Crippen molar-refractivity contribution >= 4 is 17.2 Å². The number of aryl methyl sites for hydroxylation is 1. The van der Waals surface area contributed by atoms with Gasteiger partial charge in [0.2, 0.25) is 0 Å². The van der Waals surface area contributed by atoms with Crippen molar-refractivity contribution < 1.29 is 0 Å². The van der Waals surface area contributed by atoms with Crippen LogP contribution in [0.25, 0.3) is 10.7 Å². The van der Waals surface area contributed by atoms with Gasteiger partial charge in [0.15, 0.2) is 5.82 Å². The standard InChI is InChI=1S/C10H11N3S/c1-7-6-12-10(13-9(7)11-2)8-4-3-5-14-8/h3-6H,1-2H3,(H,11,12,13). The smallest absolute Gasteiger partial charge is 0.171 e. The molecule has 0 aliphatic carbocycles. The zero-order valence-corrected chi connectivity index (χ0v) is 8.93. The summed E-state index contributed by atoms with van der Waals surface area (Å²) in [5.41, 5.74) is 1.06. The van der Waals surface area contributed by atoms with Gasteiger partial charge in [-0.2, -0.15) is 0 Å². The second kappa shape index (κ2) is 3.75. The van der Waals surface area contributed by atoms with E-state index in [9.17, 15) is 0 Å². The molecule has 0 fully saturated rings. The van der Waals surface area contributed by atoms with Crippen LogP contribution in [0.3, 0.4) is 0 Å². The average Bonchev–Trinajstić information content (AvgIpc) is 2.71. The van der Waals surface area contributed by atoms with Gasteiger partial charge in [0.05, 0.1) is 4.88 Å². The van der Waals surface area contributed by atoms with Crippen molar-refractivity contribution in [3.05, 3.63) is 29.3 Å². The Labute approximate surface area is 86.8 Å². The van der Waals surface area contributed by atoms with E-state index in [4.69, 9.17) is 0 Å². The van der Waals surface area contributed by atoms with Crippen molar-refractivity contribution in [2.75, 3.05) is 12.4 Å². The molecular weight excluding hydrogens is 194 g/mol. The first-order valence-corrected chi connectivity index (χ1v) is 5.24. The summed E-state index contributed by atoms with van der Waals surface area (Å²) in [4.78, 5) is 9.81. The molecule has 0 saturated carbocycles. The maximum Gasteiger partial charge on any atom is 0.171 e. The third-order valence-corrected chi connectivity index (χ3v) is 2.82. The number of nitrogens with one attached hydrogen (secondary N) is 1. The molecule has 14 heavy (non-hydrogen) atoms. The molecule has 2 aromatic rings. The molecule has 1 N–H and O–H groups in total. The van der Waals surface area contributed by atoms with Crippen LogP contribution in [-0.2, 0) is 0 Å². The first kappa shape index (κ1) is 9.15. The molecule has 0 aliphatic rings. The monoisotopic (exact) mass is 205 g/mol. The van der Waals surface area contributed by atoms with Crippen LogP contribution in [0, 0.1) is 6.92 Å². The largest absolute Gasteiger partial charge is 0.373 e. The van der Waals surface area contributed by atoms with Gasteiger partial charge in [0.25, 0.3) is 0 Å². The summed E-state index contributed by atoms with van der Waals surface area (Å²) in [6.45, 7) is 1.99. The highest BCUT2D eigenvalue weighted by molar-refractivity contribution is 7.13. The van der Waals surface area contributed by atoms with Gasteiger partial charge in [-0.25, -0.2) is 9.97 Å². The lowest BCUT2D eigenvalue weighted by molar-refractivity contribution is 1.14. The molecule has 0 bridgehead atoms. The van der Waals surface area contributed by atoms with E-state index in [-0.39, 0.29) is 0 Å². The van der Waals surface area contributed by atoms with Crippen LogP contribution < -0.4 is 5.32 Å². The Morgan fingerprint density at radius 2 is 2.29 bits per heavy atom. The van der Waals surface area contributed by atoms with Crippen molar-refractivity contribution in [2.45, 2.75) is 6.92 Å². The molecule has 0 unspecified atom stereocenters. The number of rotatable bonds is 2. The van der Waals surface area contributed by atoms with Gasteiger partial charge in [-0.15, -0.1) is 11.3 Å². The first-order chi connectivity index (χ1) is 6.81. The Balaban J connectivity index is 2.46. The maximum absolute atomic E-state index is 4.42. The summed E-state index contributed by atoms with van der Waals surface area (Å²) in [6, 6.07) is 4.02. The minimum Gasteiger partial charge on any atom is -0.373 e. The topological polar surface area (TPSA) is 37.8 Å². The molecule has 0 atom stereocenters. The fourth-order valence-electron chi connectivity index (χ4n) is 1.22. The predicted molar refractivity (Wildman–Crippen MR) is 59.6 cm³/mol. The van der Waals surface area contributed by atoms with Gasteiger partial charge in [-0.1, -0.05) is 6.07 Å². The van der Waals surface area contributed by atoms with Crippen molar-refractivity contribution in [2.24, 2.45) is 0 Å². The fraction of sp³-hybridized carbons (Fsp3) is 0.200. The van der Waals surface area contributed by atoms with Crippen LogP contribution in [-0.4, -0.2) is 17.0 Å². The van der Waals surface area contributed by atoms with Crippen LogP contribution in [0.15, 0.2) is 23.7 Å². The van der Waals surface area contributed by atoms with Crippen molar-refractivity contribution in [3.63, 3.8) is 0 Å². The van der Waals surface area contributed by atoms with Gasteiger partial charge < -0.3 is 5.32 Å². The SMILES string of the molecule is CNc1nc(-c2cccs2)ncc1C. The molecule has 0 spiro atoms. The van der Waals surface area contributed by atoms with E-state index in [1.54, 1.807) is 11.3 Å². The fourth-order valence-corrected chi connectivity index (χ4v) is 1.88. The van der Waals surface area contributed by atoms with Crippen molar-refractivity contribution in [1.82, 2.24) is 9.97 Å². The summed E-state index contributed by atoms with van der Waals surface area (Å²) in [7, 11) is 1.87. The van der Waals surface area contributed by atoms with E-state index >= 15 is 0 Å². The van der Waals surface area contributed by atoms with Crippen molar-refractivity contribution in [1.29, 1.82) is 0 Å². The summed E-state index contributed by atoms with van der Waals surface area (Å²) in [5.74, 6) is 1.68. The average molecular weight is 205 g/mol. The molecule has 3 nitrogen and oxygen atoms in total. The Morgan fingerprint density at radius 1 is 1.43 bits per heavy atom. The number of hydrogen-bond acceptors (Lipinski definition) is 4. The van der Waals surface area contributed by atoms with E-state index < -0.39 is 0 Å². The Kier molecular flexibility index (Phi) is 2.45. The Morgan fingerprint density at radius 3 is 2.93 bits per heavy atom. The van der Waals surface area contributed by atoms with Crippen LogP contribution in [0.5, 0.6) is 0 Å². The van der Waals surface area contributed by atoms with Gasteiger partial charge in [0.1, 0.15) is 5.82 Å². The highest BCUT2D eigenvalue weighted by atomic mass is 32.1. The molecule has 4 heteroatoms. The van der Waals surface area contributed by atoms with Crippen LogP contribution in [0.2, 0.25) is 0 Å². The Hall–Kier alpha value is -1.42. The van der Waals surface area contributed by atoms with Crippen molar-refractivity contribution in [3.8, 4) is 10.7 Å². The molecular formula is C10H11N3S. The summed E-state index contributed by atoms with van der Waals surface area (Å²) in [6.07, 6.45) is 1.84. The summed E-state index contributed by atoms with van der Waals surface area (Å²) >= 11 is 1.65. The van der Waals surface area contributed by atoms with Gasteiger partial charge in [-0.3, -0.25) is 0 Å². The quantitative estimate of drug-likeness (QED) is 0.818. The molecule has 0 aliphatic heterocycles. The van der Waals surface area contributed by atoms with E-state index in [0.717, 1.165) is 22.1 Å². The molecule has 0 aromatic carbocycles. The lowest BCUT2D eigenvalue weighted by Crippen LogP contribution is -1.98.